The molecular formula is C17H18N2O4S. The Balaban J connectivity index is 1.57. The molecule has 2 atom stereocenters. The molecule has 2 aliphatic rings. The minimum absolute atomic E-state index is 0.0408. The molecule has 2 aliphatic heterocycles. The molecule has 6 nitrogen and oxygen atoms in total. The van der Waals surface area contributed by atoms with Crippen LogP contribution < -0.4 is 9.47 Å². The van der Waals surface area contributed by atoms with Crippen molar-refractivity contribution in [1.29, 1.82) is 0 Å². The summed E-state index contributed by atoms with van der Waals surface area (Å²) in [4.78, 5) is 19.1. The number of carbonyl (C=O) groups excluding carboxylic acids is 1. The third kappa shape index (κ3) is 2.74. The van der Waals surface area contributed by atoms with Crippen molar-refractivity contribution in [2.45, 2.75) is 26.0 Å². The lowest BCUT2D eigenvalue weighted by atomic mass is 10.2. The van der Waals surface area contributed by atoms with E-state index in [1.807, 2.05) is 42.3 Å². The molecule has 1 aromatic carbocycles. The molecule has 2 aromatic rings. The van der Waals surface area contributed by atoms with E-state index in [1.165, 1.54) is 11.3 Å². The van der Waals surface area contributed by atoms with Crippen LogP contribution in [0, 0.1) is 0 Å². The number of aromatic nitrogens is 1. The van der Waals surface area contributed by atoms with Crippen LogP contribution in [0.25, 0.3) is 10.6 Å². The highest BCUT2D eigenvalue weighted by atomic mass is 32.1. The Bertz CT molecular complexity index is 776. The van der Waals surface area contributed by atoms with E-state index >= 15 is 0 Å². The van der Waals surface area contributed by atoms with Gasteiger partial charge in [-0.05, 0) is 32.0 Å². The second kappa shape index (κ2) is 6.07. The van der Waals surface area contributed by atoms with Crippen LogP contribution in [-0.4, -0.2) is 47.9 Å². The van der Waals surface area contributed by atoms with Crippen LogP contribution in [0.2, 0.25) is 0 Å². The average Bonchev–Trinajstić information content (AvgIpc) is 3.24. The first-order valence-corrected chi connectivity index (χ1v) is 8.78. The lowest BCUT2D eigenvalue weighted by molar-refractivity contribution is -0.0388. The number of thiazole rings is 1. The van der Waals surface area contributed by atoms with E-state index in [4.69, 9.17) is 14.2 Å². The van der Waals surface area contributed by atoms with Gasteiger partial charge < -0.3 is 19.1 Å². The maximum Gasteiger partial charge on any atom is 0.273 e. The SMILES string of the molecule is C[C@H]1CN(C(=O)c2csc(-c3ccc4c(c3)OCO4)n2)[C@@H](C)CO1. The van der Waals surface area contributed by atoms with Gasteiger partial charge in [-0.2, -0.15) is 0 Å². The Morgan fingerprint density at radius 3 is 3.00 bits per heavy atom. The Morgan fingerprint density at radius 1 is 1.29 bits per heavy atom. The number of hydrogen-bond donors (Lipinski definition) is 0. The Labute approximate surface area is 144 Å². The fourth-order valence-electron chi connectivity index (χ4n) is 2.87. The summed E-state index contributed by atoms with van der Waals surface area (Å²) in [5.74, 6) is 1.41. The fraction of sp³-hybridized carbons (Fsp3) is 0.412. The summed E-state index contributed by atoms with van der Waals surface area (Å²) in [5, 5.41) is 2.61. The van der Waals surface area contributed by atoms with Crippen molar-refractivity contribution in [2.24, 2.45) is 0 Å². The summed E-state index contributed by atoms with van der Waals surface area (Å²) >= 11 is 1.46. The van der Waals surface area contributed by atoms with Crippen molar-refractivity contribution >= 4 is 17.2 Å². The molecule has 126 valence electrons. The number of carbonyl (C=O) groups is 1. The fourth-order valence-corrected chi connectivity index (χ4v) is 3.66. The Hall–Kier alpha value is -2.12. The zero-order valence-electron chi connectivity index (χ0n) is 13.5. The topological polar surface area (TPSA) is 60.9 Å². The van der Waals surface area contributed by atoms with Gasteiger partial charge in [-0.25, -0.2) is 4.98 Å². The monoisotopic (exact) mass is 346 g/mol. The second-order valence-corrected chi connectivity index (χ2v) is 6.91. The Morgan fingerprint density at radius 2 is 2.12 bits per heavy atom. The van der Waals surface area contributed by atoms with Gasteiger partial charge >= 0.3 is 0 Å². The molecule has 0 bridgehead atoms. The molecule has 7 heteroatoms. The highest BCUT2D eigenvalue weighted by Crippen LogP contribution is 2.36. The van der Waals surface area contributed by atoms with Crippen LogP contribution in [0.3, 0.4) is 0 Å². The van der Waals surface area contributed by atoms with Crippen molar-refractivity contribution in [2.75, 3.05) is 19.9 Å². The lowest BCUT2D eigenvalue weighted by Gasteiger charge is -2.36. The molecule has 0 saturated carbocycles. The summed E-state index contributed by atoms with van der Waals surface area (Å²) in [5.41, 5.74) is 1.40. The summed E-state index contributed by atoms with van der Waals surface area (Å²) < 4.78 is 16.3. The van der Waals surface area contributed by atoms with Gasteiger partial charge in [0.2, 0.25) is 6.79 Å². The summed E-state index contributed by atoms with van der Waals surface area (Å²) in [6.07, 6.45) is 0.0529. The molecule has 0 N–H and O–H groups in total. The van der Waals surface area contributed by atoms with Gasteiger partial charge in [-0.3, -0.25) is 4.79 Å². The Kier molecular flexibility index (Phi) is 3.90. The minimum atomic E-state index is -0.0408. The van der Waals surface area contributed by atoms with Gasteiger partial charge in [0.15, 0.2) is 11.5 Å². The van der Waals surface area contributed by atoms with Crippen LogP contribution in [0.5, 0.6) is 11.5 Å². The van der Waals surface area contributed by atoms with Crippen LogP contribution in [-0.2, 0) is 4.74 Å². The molecule has 3 heterocycles. The molecule has 1 aromatic heterocycles. The second-order valence-electron chi connectivity index (χ2n) is 6.06. The molecular weight excluding hydrogens is 328 g/mol. The quantitative estimate of drug-likeness (QED) is 0.837. The maximum atomic E-state index is 12.8. The number of fused-ring (bicyclic) bond motifs is 1. The summed E-state index contributed by atoms with van der Waals surface area (Å²) in [7, 11) is 0. The molecule has 1 amide bonds. The van der Waals surface area contributed by atoms with Crippen molar-refractivity contribution in [3.8, 4) is 22.1 Å². The van der Waals surface area contributed by atoms with E-state index in [9.17, 15) is 4.79 Å². The molecule has 0 radical (unpaired) electrons. The van der Waals surface area contributed by atoms with Gasteiger partial charge in [-0.1, -0.05) is 0 Å². The van der Waals surface area contributed by atoms with Crippen LogP contribution in [0.15, 0.2) is 23.6 Å². The summed E-state index contributed by atoms with van der Waals surface area (Å²) in [6.45, 7) is 5.37. The minimum Gasteiger partial charge on any atom is -0.454 e. The van der Waals surface area contributed by atoms with E-state index in [1.54, 1.807) is 0 Å². The summed E-state index contributed by atoms with van der Waals surface area (Å²) in [6, 6.07) is 5.76. The largest absolute Gasteiger partial charge is 0.454 e. The van der Waals surface area contributed by atoms with Crippen LogP contribution in [0.1, 0.15) is 24.3 Å². The van der Waals surface area contributed by atoms with Crippen LogP contribution >= 0.6 is 11.3 Å². The number of benzene rings is 1. The number of hydrogen-bond acceptors (Lipinski definition) is 6. The normalized spacial score (nSPS) is 22.7. The molecule has 4 rings (SSSR count). The van der Waals surface area contributed by atoms with Crippen molar-refractivity contribution < 1.29 is 19.0 Å². The average molecular weight is 346 g/mol. The first-order valence-electron chi connectivity index (χ1n) is 7.90. The van der Waals surface area contributed by atoms with Gasteiger partial charge in [-0.15, -0.1) is 11.3 Å². The highest BCUT2D eigenvalue weighted by molar-refractivity contribution is 7.13. The van der Waals surface area contributed by atoms with E-state index in [-0.39, 0.29) is 24.8 Å². The van der Waals surface area contributed by atoms with E-state index in [2.05, 4.69) is 4.98 Å². The van der Waals surface area contributed by atoms with E-state index < -0.39 is 0 Å². The van der Waals surface area contributed by atoms with E-state index in [0.29, 0.717) is 24.6 Å². The van der Waals surface area contributed by atoms with Gasteiger partial charge in [0.1, 0.15) is 10.7 Å². The zero-order valence-corrected chi connectivity index (χ0v) is 14.3. The third-order valence-electron chi connectivity index (χ3n) is 4.21. The predicted octanol–water partition coefficient (Wildman–Crippen LogP) is 2.79. The molecule has 0 spiro atoms. The van der Waals surface area contributed by atoms with Gasteiger partial charge in [0, 0.05) is 17.5 Å². The number of nitrogens with zero attached hydrogens (tertiary/aromatic N) is 2. The first kappa shape index (κ1) is 15.4. The smallest absolute Gasteiger partial charge is 0.273 e. The van der Waals surface area contributed by atoms with Gasteiger partial charge in [0.05, 0.1) is 18.8 Å². The van der Waals surface area contributed by atoms with Crippen molar-refractivity contribution in [1.82, 2.24) is 9.88 Å². The molecule has 0 aliphatic carbocycles. The molecule has 0 unspecified atom stereocenters. The molecule has 1 saturated heterocycles. The predicted molar refractivity (Wildman–Crippen MR) is 89.6 cm³/mol. The standard InChI is InChI=1S/C17H18N2O4S/c1-10-7-21-11(2)6-19(10)17(20)13-8-24-16(18-13)12-3-4-14-15(5-12)23-9-22-14/h3-5,8,10-11H,6-7,9H2,1-2H3/t10-,11-/m0/s1. The van der Waals surface area contributed by atoms with E-state index in [0.717, 1.165) is 16.3 Å². The number of ether oxygens (including phenoxy) is 3. The third-order valence-corrected chi connectivity index (χ3v) is 5.10. The van der Waals surface area contributed by atoms with Crippen LogP contribution in [0.4, 0.5) is 0 Å². The van der Waals surface area contributed by atoms with Crippen molar-refractivity contribution in [3.63, 3.8) is 0 Å². The maximum absolute atomic E-state index is 12.8. The number of amides is 1. The lowest BCUT2D eigenvalue weighted by Crippen LogP contribution is -2.50. The number of rotatable bonds is 2. The first-order chi connectivity index (χ1) is 11.6. The zero-order chi connectivity index (χ0) is 16.7. The van der Waals surface area contributed by atoms with Gasteiger partial charge in [0.25, 0.3) is 5.91 Å². The molecule has 1 fully saturated rings. The number of morpholine rings is 1. The molecule has 24 heavy (non-hydrogen) atoms. The highest BCUT2D eigenvalue weighted by Gasteiger charge is 2.29. The van der Waals surface area contributed by atoms with Crippen molar-refractivity contribution in [3.05, 3.63) is 29.3 Å².